The molecule has 0 radical (unpaired) electrons. The summed E-state index contributed by atoms with van der Waals surface area (Å²) in [5, 5.41) is 5.34. The lowest BCUT2D eigenvalue weighted by Gasteiger charge is -2.15. The monoisotopic (exact) mass is 390 g/mol. The van der Waals surface area contributed by atoms with Gasteiger partial charge < -0.3 is 15.4 Å². The van der Waals surface area contributed by atoms with Crippen LogP contribution in [0.15, 0.2) is 53.0 Å². The molecule has 0 aromatic heterocycles. The van der Waals surface area contributed by atoms with E-state index in [1.807, 2.05) is 26.0 Å². The molecule has 0 heterocycles. The molecular weight excluding hydrogens is 372 g/mol. The van der Waals surface area contributed by atoms with Crippen LogP contribution in [-0.4, -0.2) is 24.5 Å². The van der Waals surface area contributed by atoms with Crippen molar-refractivity contribution in [1.82, 2.24) is 5.32 Å². The molecule has 0 spiro atoms. The number of halogens is 1. The van der Waals surface area contributed by atoms with Gasteiger partial charge >= 0.3 is 0 Å². The fourth-order valence-electron chi connectivity index (χ4n) is 1.98. The molecule has 0 atom stereocenters. The van der Waals surface area contributed by atoms with Crippen LogP contribution in [0.3, 0.4) is 0 Å². The highest BCUT2D eigenvalue weighted by Crippen LogP contribution is 2.24. The van der Waals surface area contributed by atoms with E-state index < -0.39 is 0 Å². The number of carbonyl (C=O) groups is 2. The molecular formula is C18H19BrN2O3. The van der Waals surface area contributed by atoms with Gasteiger partial charge in [-0.1, -0.05) is 28.1 Å². The number of ether oxygens (including phenoxy) is 1. The minimum atomic E-state index is -0.319. The Balaban J connectivity index is 1.92. The largest absolute Gasteiger partial charge is 0.489 e. The number of amides is 2. The average Bonchev–Trinajstić information content (AvgIpc) is 2.54. The summed E-state index contributed by atoms with van der Waals surface area (Å²) >= 11 is 3.31. The van der Waals surface area contributed by atoms with Gasteiger partial charge in [0.2, 0.25) is 5.91 Å². The molecule has 126 valence electrons. The molecule has 0 bridgehead atoms. The molecule has 2 N–H and O–H groups in total. The number of anilines is 1. The van der Waals surface area contributed by atoms with Gasteiger partial charge in [0.05, 0.1) is 18.3 Å². The number of para-hydroxylation sites is 2. The van der Waals surface area contributed by atoms with Crippen LogP contribution in [0.4, 0.5) is 5.69 Å². The van der Waals surface area contributed by atoms with E-state index in [1.165, 1.54) is 0 Å². The highest BCUT2D eigenvalue weighted by molar-refractivity contribution is 9.10. The Hall–Kier alpha value is -2.34. The van der Waals surface area contributed by atoms with E-state index >= 15 is 0 Å². The van der Waals surface area contributed by atoms with Crippen molar-refractivity contribution in [1.29, 1.82) is 0 Å². The maximum Gasteiger partial charge on any atom is 0.251 e. The highest BCUT2D eigenvalue weighted by atomic mass is 79.9. The Labute approximate surface area is 149 Å². The van der Waals surface area contributed by atoms with Crippen molar-refractivity contribution in [2.45, 2.75) is 20.0 Å². The van der Waals surface area contributed by atoms with Gasteiger partial charge in [-0.25, -0.2) is 0 Å². The van der Waals surface area contributed by atoms with Crippen molar-refractivity contribution in [3.8, 4) is 5.75 Å². The molecule has 0 aliphatic heterocycles. The number of hydrogen-bond donors (Lipinski definition) is 2. The first-order chi connectivity index (χ1) is 11.5. The van der Waals surface area contributed by atoms with Crippen LogP contribution in [0.2, 0.25) is 0 Å². The van der Waals surface area contributed by atoms with Crippen LogP contribution in [0, 0.1) is 0 Å². The molecule has 6 heteroatoms. The summed E-state index contributed by atoms with van der Waals surface area (Å²) in [7, 11) is 0. The second-order valence-electron chi connectivity index (χ2n) is 5.40. The summed E-state index contributed by atoms with van der Waals surface area (Å²) in [5.41, 5.74) is 1.07. The molecule has 24 heavy (non-hydrogen) atoms. The SMILES string of the molecule is CC(C)Oc1ccccc1NC(=O)CNC(=O)c1ccc(Br)cc1. The summed E-state index contributed by atoms with van der Waals surface area (Å²) in [4.78, 5) is 24.0. The molecule has 5 nitrogen and oxygen atoms in total. The van der Waals surface area contributed by atoms with Crippen molar-refractivity contribution in [3.05, 3.63) is 58.6 Å². The third-order valence-electron chi connectivity index (χ3n) is 3.04. The lowest BCUT2D eigenvalue weighted by atomic mass is 10.2. The van der Waals surface area contributed by atoms with Gasteiger partial charge in [0.15, 0.2) is 0 Å². The number of benzene rings is 2. The zero-order valence-corrected chi connectivity index (χ0v) is 15.1. The predicted octanol–water partition coefficient (Wildman–Crippen LogP) is 3.60. The third kappa shape index (κ3) is 5.38. The maximum absolute atomic E-state index is 12.1. The Morgan fingerprint density at radius 3 is 2.42 bits per heavy atom. The second kappa shape index (κ2) is 8.49. The van der Waals surface area contributed by atoms with Crippen LogP contribution < -0.4 is 15.4 Å². The van der Waals surface area contributed by atoms with E-state index in [4.69, 9.17) is 4.74 Å². The van der Waals surface area contributed by atoms with Gasteiger partial charge in [-0.2, -0.15) is 0 Å². The number of carbonyl (C=O) groups excluding carboxylic acids is 2. The van der Waals surface area contributed by atoms with Gasteiger partial charge in [0.25, 0.3) is 5.91 Å². The summed E-state index contributed by atoms with van der Waals surface area (Å²) in [6.07, 6.45) is 0.000148. The predicted molar refractivity (Wildman–Crippen MR) is 97.3 cm³/mol. The van der Waals surface area contributed by atoms with Crippen molar-refractivity contribution in [3.63, 3.8) is 0 Å². The first-order valence-corrected chi connectivity index (χ1v) is 8.34. The molecule has 0 aliphatic rings. The van der Waals surface area contributed by atoms with Crippen LogP contribution in [0.1, 0.15) is 24.2 Å². The topological polar surface area (TPSA) is 67.4 Å². The third-order valence-corrected chi connectivity index (χ3v) is 3.57. The second-order valence-corrected chi connectivity index (χ2v) is 6.32. The molecule has 2 aromatic rings. The lowest BCUT2D eigenvalue weighted by Crippen LogP contribution is -2.33. The fourth-order valence-corrected chi connectivity index (χ4v) is 2.25. The van der Waals surface area contributed by atoms with E-state index in [-0.39, 0.29) is 24.5 Å². The molecule has 0 fully saturated rings. The molecule has 0 saturated heterocycles. The van der Waals surface area contributed by atoms with Gasteiger partial charge in [0.1, 0.15) is 5.75 Å². The molecule has 0 unspecified atom stereocenters. The van der Waals surface area contributed by atoms with Gasteiger partial charge in [0, 0.05) is 10.0 Å². The van der Waals surface area contributed by atoms with Crippen molar-refractivity contribution < 1.29 is 14.3 Å². The molecule has 2 aromatic carbocycles. The van der Waals surface area contributed by atoms with Gasteiger partial charge in [-0.15, -0.1) is 0 Å². The minimum absolute atomic E-state index is 0.000148. The summed E-state index contributed by atoms with van der Waals surface area (Å²) < 4.78 is 6.53. The van der Waals surface area contributed by atoms with E-state index in [9.17, 15) is 9.59 Å². The van der Waals surface area contributed by atoms with Gasteiger partial charge in [-0.3, -0.25) is 9.59 Å². The summed E-state index contributed by atoms with van der Waals surface area (Å²) in [6.45, 7) is 3.71. The summed E-state index contributed by atoms with van der Waals surface area (Å²) in [6, 6.07) is 14.1. The number of nitrogens with one attached hydrogen (secondary N) is 2. The molecule has 0 saturated carbocycles. The lowest BCUT2D eigenvalue weighted by molar-refractivity contribution is -0.115. The molecule has 0 aliphatic carbocycles. The van der Waals surface area contributed by atoms with E-state index in [0.29, 0.717) is 17.0 Å². The molecule has 2 amide bonds. The van der Waals surface area contributed by atoms with Crippen LogP contribution >= 0.6 is 15.9 Å². The van der Waals surface area contributed by atoms with Crippen LogP contribution in [-0.2, 0) is 4.79 Å². The maximum atomic E-state index is 12.1. The van der Waals surface area contributed by atoms with E-state index in [1.54, 1.807) is 36.4 Å². The Bertz CT molecular complexity index is 714. The summed E-state index contributed by atoms with van der Waals surface area (Å²) in [5.74, 6) is -0.0234. The Morgan fingerprint density at radius 1 is 1.08 bits per heavy atom. The number of rotatable bonds is 6. The first-order valence-electron chi connectivity index (χ1n) is 7.55. The standard InChI is InChI=1S/C18H19BrN2O3/c1-12(2)24-16-6-4-3-5-15(16)21-17(22)11-20-18(23)13-7-9-14(19)10-8-13/h3-10,12H,11H2,1-2H3,(H,20,23)(H,21,22). The fraction of sp³-hybridized carbons (Fsp3) is 0.222. The van der Waals surface area contributed by atoms with Gasteiger partial charge in [-0.05, 0) is 50.2 Å². The Kier molecular flexibility index (Phi) is 6.37. The smallest absolute Gasteiger partial charge is 0.251 e. The van der Waals surface area contributed by atoms with E-state index in [2.05, 4.69) is 26.6 Å². The number of hydrogen-bond acceptors (Lipinski definition) is 3. The van der Waals surface area contributed by atoms with Crippen LogP contribution in [0.5, 0.6) is 5.75 Å². The zero-order valence-electron chi connectivity index (χ0n) is 13.5. The van der Waals surface area contributed by atoms with Crippen LogP contribution in [0.25, 0.3) is 0 Å². The zero-order chi connectivity index (χ0) is 17.5. The normalized spacial score (nSPS) is 10.3. The van der Waals surface area contributed by atoms with Crippen molar-refractivity contribution in [2.24, 2.45) is 0 Å². The van der Waals surface area contributed by atoms with Crippen molar-refractivity contribution >= 4 is 33.4 Å². The first kappa shape index (κ1) is 18.0. The molecule has 2 rings (SSSR count). The van der Waals surface area contributed by atoms with Crippen molar-refractivity contribution in [2.75, 3.05) is 11.9 Å². The Morgan fingerprint density at radius 2 is 1.75 bits per heavy atom. The highest BCUT2D eigenvalue weighted by Gasteiger charge is 2.11. The average molecular weight is 391 g/mol. The quantitative estimate of drug-likeness (QED) is 0.791. The minimum Gasteiger partial charge on any atom is -0.489 e. The van der Waals surface area contributed by atoms with E-state index in [0.717, 1.165) is 4.47 Å².